The Morgan fingerprint density at radius 1 is 0.719 bits per heavy atom. The minimum atomic E-state index is -0.971. The van der Waals surface area contributed by atoms with Gasteiger partial charge in [-0.3, -0.25) is 19.2 Å². The molecule has 0 unspecified atom stereocenters. The van der Waals surface area contributed by atoms with Gasteiger partial charge in [-0.15, -0.1) is 10.2 Å². The van der Waals surface area contributed by atoms with Crippen LogP contribution in [0.5, 0.6) is 0 Å². The molecular weight excluding hydrogens is 859 g/mol. The molecule has 4 rings (SSSR count). The van der Waals surface area contributed by atoms with E-state index in [1.54, 1.807) is 70.5 Å². The molecule has 0 bridgehead atoms. The van der Waals surface area contributed by atoms with Gasteiger partial charge in [-0.05, 0) is 92.6 Å². The van der Waals surface area contributed by atoms with Crippen LogP contribution in [0.2, 0.25) is 0 Å². The Balaban J connectivity index is 1.37. The first kappa shape index (κ1) is 52.3. The number of nitrogens with one attached hydrogen (secondary N) is 3. The zero-order chi connectivity index (χ0) is 47.2. The van der Waals surface area contributed by atoms with Crippen molar-refractivity contribution >= 4 is 47.2 Å². The van der Waals surface area contributed by atoms with Crippen LogP contribution in [0.4, 0.5) is 0 Å². The molecule has 8 atom stereocenters. The number of carbonyl (C=O) groups is 4. The number of likely N-dealkylation sites (N-methyl/N-ethyl adjacent to an activating group) is 1. The van der Waals surface area contributed by atoms with Gasteiger partial charge in [0, 0.05) is 28.5 Å². The van der Waals surface area contributed by atoms with Crippen molar-refractivity contribution in [2.24, 2.45) is 5.92 Å². The second kappa shape index (κ2) is 24.3. The quantitative estimate of drug-likeness (QED) is 0.129. The van der Waals surface area contributed by atoms with E-state index >= 15 is 0 Å². The molecule has 2 aliphatic rings. The largest absolute Gasteiger partial charge is 0.363 e. The first-order chi connectivity index (χ1) is 30.2. The maximum atomic E-state index is 14.2. The lowest BCUT2D eigenvalue weighted by molar-refractivity contribution is -0.142. The number of ether oxygens (including phenoxy) is 2. The number of hydrogen-bond donors (Lipinski definition) is 3. The van der Waals surface area contributed by atoms with Crippen molar-refractivity contribution in [2.45, 2.75) is 184 Å². The molecule has 3 N–H and O–H groups in total. The van der Waals surface area contributed by atoms with Gasteiger partial charge in [0.2, 0.25) is 33.9 Å². The summed E-state index contributed by atoms with van der Waals surface area (Å²) in [5.74, 6) is 9.93. The first-order valence-electron chi connectivity index (χ1n) is 22.2. The van der Waals surface area contributed by atoms with E-state index in [1.807, 2.05) is 13.8 Å². The number of amides is 4. The summed E-state index contributed by atoms with van der Waals surface area (Å²) in [5.41, 5.74) is 0. The fourth-order valence-corrected chi connectivity index (χ4v) is 8.74. The Labute approximate surface area is 387 Å². The lowest BCUT2D eigenvalue weighted by Gasteiger charge is -2.32. The molecule has 21 heteroatoms. The molecule has 4 amide bonds. The van der Waals surface area contributed by atoms with Gasteiger partial charge in [0.05, 0.1) is 43.4 Å². The van der Waals surface area contributed by atoms with E-state index < -0.39 is 30.3 Å². The lowest BCUT2D eigenvalue weighted by atomic mass is 10.1. The van der Waals surface area contributed by atoms with Crippen LogP contribution in [-0.2, 0) is 41.7 Å². The zero-order valence-electron chi connectivity index (χ0n) is 39.6. The molecule has 2 aromatic heterocycles. The van der Waals surface area contributed by atoms with Crippen molar-refractivity contribution in [3.8, 4) is 23.7 Å². The normalized spacial score (nSPS) is 19.4. The molecule has 0 aromatic carbocycles. The van der Waals surface area contributed by atoms with Gasteiger partial charge in [-0.1, -0.05) is 90.8 Å². The number of hydrogen-bond acceptors (Lipinski definition) is 15. The van der Waals surface area contributed by atoms with Crippen LogP contribution in [-0.4, -0.2) is 159 Å². The highest BCUT2D eigenvalue weighted by molar-refractivity contribution is 8.00. The van der Waals surface area contributed by atoms with Gasteiger partial charge >= 0.3 is 0 Å². The summed E-state index contributed by atoms with van der Waals surface area (Å²) in [4.78, 5) is 58.2. The minimum Gasteiger partial charge on any atom is -0.363 e. The summed E-state index contributed by atoms with van der Waals surface area (Å²) >= 11 is 3.12. The third-order valence-corrected chi connectivity index (χ3v) is 13.1. The van der Waals surface area contributed by atoms with Gasteiger partial charge in [-0.25, -0.2) is 9.36 Å². The molecule has 354 valence electrons. The molecule has 2 saturated heterocycles. The summed E-state index contributed by atoms with van der Waals surface area (Å²) in [6.07, 6.45) is 2.37. The molecule has 0 radical (unpaired) electrons. The molecule has 2 fully saturated rings. The van der Waals surface area contributed by atoms with Gasteiger partial charge in [0.25, 0.3) is 0 Å². The molecule has 2 aliphatic heterocycles. The van der Waals surface area contributed by atoms with E-state index in [1.165, 1.54) is 0 Å². The molecule has 4 heterocycles. The number of likely N-dealkylation sites (tertiary alicyclic amines) is 2. The number of rotatable bonds is 20. The van der Waals surface area contributed by atoms with Crippen LogP contribution in [0.25, 0.3) is 0 Å². The lowest BCUT2D eigenvalue weighted by Crippen LogP contribution is -2.58. The summed E-state index contributed by atoms with van der Waals surface area (Å²) in [5, 5.41) is 34.7. The second-order valence-corrected chi connectivity index (χ2v) is 21.9. The molecule has 64 heavy (non-hydrogen) atoms. The van der Waals surface area contributed by atoms with Crippen LogP contribution >= 0.6 is 23.5 Å². The van der Waals surface area contributed by atoms with E-state index in [0.717, 1.165) is 25.7 Å². The Morgan fingerprint density at radius 2 is 1.14 bits per heavy atom. The average Bonchev–Trinajstić information content (AvgIpc) is 4.07. The second-order valence-electron chi connectivity index (χ2n) is 18.3. The predicted octanol–water partition coefficient (Wildman–Crippen LogP) is 2.56. The van der Waals surface area contributed by atoms with Crippen LogP contribution in [0, 0.1) is 29.6 Å². The van der Waals surface area contributed by atoms with E-state index in [0.29, 0.717) is 42.9 Å². The van der Waals surface area contributed by atoms with Crippen molar-refractivity contribution < 1.29 is 28.7 Å². The van der Waals surface area contributed by atoms with Crippen molar-refractivity contribution in [3.63, 3.8) is 0 Å². The van der Waals surface area contributed by atoms with Gasteiger partial charge in [0.15, 0.2) is 0 Å². The molecule has 19 nitrogen and oxygen atoms in total. The Morgan fingerprint density at radius 3 is 1.53 bits per heavy atom. The average molecular weight is 928 g/mol. The third kappa shape index (κ3) is 15.7. The van der Waals surface area contributed by atoms with Crippen LogP contribution < -0.4 is 16.0 Å². The molecule has 0 saturated carbocycles. The van der Waals surface area contributed by atoms with E-state index in [9.17, 15) is 19.2 Å². The van der Waals surface area contributed by atoms with Gasteiger partial charge in [-0.2, -0.15) is 0 Å². The SMILES string of the molecule is CC[C@@H](C)C(=O)N[C@H](C(=O)N1CCC[C@H]1Cn1nnnc1SC(C)(C)C)[C@@H](C)OCC#CC#CCO[C@H](C)[C@H](NC(=O)[C@H](C)NC)C(=O)N1CCC[C@H]1Cn1nnnc1SC(C)(C)C. The number of thioether (sulfide) groups is 2. The Kier molecular flexibility index (Phi) is 19.9. The molecule has 0 spiro atoms. The van der Waals surface area contributed by atoms with Crippen molar-refractivity contribution in [2.75, 3.05) is 33.4 Å². The van der Waals surface area contributed by atoms with Crippen LogP contribution in [0.1, 0.15) is 108 Å². The number of aromatic nitrogens is 8. The number of tetrazole rings is 2. The minimum absolute atomic E-state index is 0.0399. The van der Waals surface area contributed by atoms with Crippen molar-refractivity contribution in [1.29, 1.82) is 0 Å². The van der Waals surface area contributed by atoms with Gasteiger partial charge < -0.3 is 35.2 Å². The summed E-state index contributed by atoms with van der Waals surface area (Å²) in [6, 6.07) is -2.76. The Hall–Kier alpha value is -4.28. The summed E-state index contributed by atoms with van der Waals surface area (Å²) in [7, 11) is 1.68. The fraction of sp³-hybridized carbons (Fsp3) is 0.767. The molecule has 0 aliphatic carbocycles. The predicted molar refractivity (Wildman–Crippen MR) is 245 cm³/mol. The highest BCUT2D eigenvalue weighted by Gasteiger charge is 2.40. The van der Waals surface area contributed by atoms with Gasteiger partial charge in [0.1, 0.15) is 25.3 Å². The van der Waals surface area contributed by atoms with Crippen molar-refractivity contribution in [3.05, 3.63) is 0 Å². The maximum absolute atomic E-state index is 14.2. The standard InChI is InChI=1S/C43H69N13O6S2/c1-13-28(2)36(57)45-34(38(59)53-22-18-20-32(53)26-55-40(47-49-51-55)63-42(6,7)8)30(4)61-24-16-14-15-17-25-62-31(5)35(46-37(58)29(3)44-12)39(60)54-23-19-21-33(54)27-56-41(48-50-52-56)64-43(9,10)11/h28-35,44H,13,18-27H2,1-12H3,(H,45,57)(H,46,58)/t28-,29+,30-,31-,32+,33+,34+,35+/m1/s1. The first-order valence-corrected chi connectivity index (χ1v) is 23.8. The van der Waals surface area contributed by atoms with Crippen molar-refractivity contribution in [1.82, 2.24) is 66.2 Å². The Bertz CT molecular complexity index is 1850. The highest BCUT2D eigenvalue weighted by Crippen LogP contribution is 2.32. The number of nitrogens with zero attached hydrogens (tertiary/aromatic N) is 10. The smallest absolute Gasteiger partial charge is 0.248 e. The number of carbonyl (C=O) groups excluding carboxylic acids is 4. The maximum Gasteiger partial charge on any atom is 0.248 e. The van der Waals surface area contributed by atoms with E-state index in [2.05, 4.69) is 112 Å². The van der Waals surface area contributed by atoms with Crippen LogP contribution in [0.15, 0.2) is 10.3 Å². The van der Waals surface area contributed by atoms with Crippen LogP contribution in [0.3, 0.4) is 0 Å². The topological polar surface area (TPSA) is 217 Å². The summed E-state index contributed by atoms with van der Waals surface area (Å²) in [6.45, 7) is 23.3. The highest BCUT2D eigenvalue weighted by atomic mass is 32.2. The zero-order valence-corrected chi connectivity index (χ0v) is 41.3. The summed E-state index contributed by atoms with van der Waals surface area (Å²) < 4.78 is 15.3. The third-order valence-electron chi connectivity index (χ3n) is 10.9. The molecule has 2 aromatic rings. The molecular formula is C43H69N13O6S2. The van der Waals surface area contributed by atoms with E-state index in [-0.39, 0.29) is 64.3 Å². The van der Waals surface area contributed by atoms with E-state index in [4.69, 9.17) is 9.47 Å². The fourth-order valence-electron chi connectivity index (χ4n) is 7.05. The monoisotopic (exact) mass is 927 g/mol.